The Morgan fingerprint density at radius 1 is 1.40 bits per heavy atom. The van der Waals surface area contributed by atoms with Crippen molar-refractivity contribution in [3.05, 3.63) is 34.2 Å². The van der Waals surface area contributed by atoms with Crippen molar-refractivity contribution in [3.63, 3.8) is 0 Å². The average Bonchev–Trinajstić information content (AvgIpc) is 2.28. The zero-order chi connectivity index (χ0) is 15.5. The van der Waals surface area contributed by atoms with E-state index in [1.807, 2.05) is 5.32 Å². The fourth-order valence-electron chi connectivity index (χ4n) is 1.57. The Labute approximate surface area is 110 Å². The van der Waals surface area contributed by atoms with Crippen molar-refractivity contribution in [2.45, 2.75) is 25.7 Å². The highest BCUT2D eigenvalue weighted by atomic mass is 19.4. The van der Waals surface area contributed by atoms with Gasteiger partial charge in [0.25, 0.3) is 5.56 Å². The van der Waals surface area contributed by atoms with Crippen LogP contribution in [-0.2, 0) is 22.3 Å². The minimum absolute atomic E-state index is 0.273. The number of rotatable bonds is 4. The van der Waals surface area contributed by atoms with E-state index in [4.69, 9.17) is 5.11 Å². The minimum atomic E-state index is -4.81. The van der Waals surface area contributed by atoms with Crippen LogP contribution in [0.5, 0.6) is 0 Å². The van der Waals surface area contributed by atoms with Gasteiger partial charge in [0.05, 0.1) is 6.54 Å². The van der Waals surface area contributed by atoms with Crippen LogP contribution in [0.4, 0.5) is 13.2 Å². The number of carboxylic acids is 1. The lowest BCUT2D eigenvalue weighted by Crippen LogP contribution is -2.45. The number of nitrogens with one attached hydrogen (secondary N) is 1. The third-order valence-electron chi connectivity index (χ3n) is 2.38. The fraction of sp³-hybridized carbons (Fsp3) is 0.364. The Balaban J connectivity index is 3.22. The number of aliphatic carboxylic acids is 1. The third kappa shape index (κ3) is 3.84. The molecule has 0 bridgehead atoms. The molecule has 0 aliphatic heterocycles. The van der Waals surface area contributed by atoms with Gasteiger partial charge < -0.3 is 15.0 Å². The van der Waals surface area contributed by atoms with Gasteiger partial charge in [0.15, 0.2) is 0 Å². The van der Waals surface area contributed by atoms with Crippen LogP contribution in [0.25, 0.3) is 0 Å². The molecule has 0 saturated carbocycles. The molecule has 20 heavy (non-hydrogen) atoms. The van der Waals surface area contributed by atoms with Crippen LogP contribution < -0.4 is 10.9 Å². The first kappa shape index (κ1) is 15.7. The normalized spacial score (nSPS) is 12.8. The summed E-state index contributed by atoms with van der Waals surface area (Å²) in [5.41, 5.74) is -2.28. The van der Waals surface area contributed by atoms with E-state index >= 15 is 0 Å². The maximum Gasteiger partial charge on any atom is 0.431 e. The van der Waals surface area contributed by atoms with Crippen LogP contribution in [0.2, 0.25) is 0 Å². The molecule has 0 aliphatic rings. The second-order valence-corrected chi connectivity index (χ2v) is 3.95. The van der Waals surface area contributed by atoms with E-state index in [9.17, 15) is 27.6 Å². The van der Waals surface area contributed by atoms with E-state index in [-0.39, 0.29) is 4.57 Å². The number of nitrogens with zero attached hydrogens (tertiary/aromatic N) is 1. The third-order valence-corrected chi connectivity index (χ3v) is 2.38. The zero-order valence-electron chi connectivity index (χ0n) is 10.3. The highest BCUT2D eigenvalue weighted by Gasteiger charge is 2.35. The summed E-state index contributed by atoms with van der Waals surface area (Å²) in [5, 5.41) is 10.8. The lowest BCUT2D eigenvalue weighted by molar-refractivity contribution is -0.147. The van der Waals surface area contributed by atoms with Gasteiger partial charge in [0, 0.05) is 13.0 Å². The van der Waals surface area contributed by atoms with Crippen molar-refractivity contribution >= 4 is 11.9 Å². The van der Waals surface area contributed by atoms with Crippen LogP contribution >= 0.6 is 0 Å². The van der Waals surface area contributed by atoms with Gasteiger partial charge in [-0.3, -0.25) is 9.59 Å². The molecule has 0 saturated heterocycles. The van der Waals surface area contributed by atoms with Crippen molar-refractivity contribution in [1.82, 2.24) is 9.88 Å². The number of alkyl halides is 3. The summed E-state index contributed by atoms with van der Waals surface area (Å²) in [6, 6.07) is 0.833. The molecule has 1 atom stereocenters. The quantitative estimate of drug-likeness (QED) is 0.843. The van der Waals surface area contributed by atoms with Gasteiger partial charge in [-0.15, -0.1) is 0 Å². The van der Waals surface area contributed by atoms with Crippen molar-refractivity contribution in [3.8, 4) is 0 Å². The molecule has 0 radical (unpaired) electrons. The second kappa shape index (κ2) is 5.76. The smallest absolute Gasteiger partial charge is 0.431 e. The highest BCUT2D eigenvalue weighted by molar-refractivity contribution is 5.81. The summed E-state index contributed by atoms with van der Waals surface area (Å²) in [5.74, 6) is -2.26. The molecule has 1 rings (SSSR count). The van der Waals surface area contributed by atoms with Crippen molar-refractivity contribution < 1.29 is 27.9 Å². The van der Waals surface area contributed by atoms with Crippen LogP contribution in [0.1, 0.15) is 12.6 Å². The minimum Gasteiger partial charge on any atom is -0.480 e. The van der Waals surface area contributed by atoms with Gasteiger partial charge >= 0.3 is 12.1 Å². The predicted octanol–water partition coefficient (Wildman–Crippen LogP) is 0.456. The number of amides is 1. The lowest BCUT2D eigenvalue weighted by Gasteiger charge is -2.19. The van der Waals surface area contributed by atoms with E-state index in [0.29, 0.717) is 6.07 Å². The zero-order valence-corrected chi connectivity index (χ0v) is 10.3. The first-order valence-electron chi connectivity index (χ1n) is 5.40. The summed E-state index contributed by atoms with van der Waals surface area (Å²) in [4.78, 5) is 33.2. The molecule has 6 nitrogen and oxygen atoms in total. The number of carbonyl (C=O) groups excluding carboxylic acids is 1. The molecule has 9 heteroatoms. The topological polar surface area (TPSA) is 88.4 Å². The Morgan fingerprint density at radius 2 is 2.00 bits per heavy atom. The number of pyridine rings is 1. The highest BCUT2D eigenvalue weighted by Crippen LogP contribution is 2.28. The SMILES string of the molecule is CC(=O)NC(Cn1c(C(F)(F)F)cccc1=O)C(=O)O. The fourth-order valence-corrected chi connectivity index (χ4v) is 1.57. The van der Waals surface area contributed by atoms with Gasteiger partial charge in [-0.2, -0.15) is 13.2 Å². The first-order valence-corrected chi connectivity index (χ1v) is 5.40. The Hall–Kier alpha value is -2.32. The van der Waals surface area contributed by atoms with E-state index < -0.39 is 41.9 Å². The summed E-state index contributed by atoms with van der Waals surface area (Å²) < 4.78 is 38.5. The van der Waals surface area contributed by atoms with Gasteiger partial charge in [0.1, 0.15) is 11.7 Å². The lowest BCUT2D eigenvalue weighted by atomic mass is 10.2. The van der Waals surface area contributed by atoms with E-state index in [1.165, 1.54) is 0 Å². The number of aromatic nitrogens is 1. The van der Waals surface area contributed by atoms with E-state index in [1.54, 1.807) is 0 Å². The van der Waals surface area contributed by atoms with Crippen LogP contribution in [0.15, 0.2) is 23.0 Å². The molecule has 0 spiro atoms. The van der Waals surface area contributed by atoms with Gasteiger partial charge in [-0.1, -0.05) is 6.07 Å². The van der Waals surface area contributed by atoms with Crippen molar-refractivity contribution in [2.24, 2.45) is 0 Å². The monoisotopic (exact) mass is 292 g/mol. The maximum atomic E-state index is 12.7. The molecule has 1 heterocycles. The Kier molecular flexibility index (Phi) is 4.53. The second-order valence-electron chi connectivity index (χ2n) is 3.95. The van der Waals surface area contributed by atoms with Gasteiger partial charge in [0.2, 0.25) is 5.91 Å². The van der Waals surface area contributed by atoms with Gasteiger partial charge in [-0.25, -0.2) is 4.79 Å². The van der Waals surface area contributed by atoms with Crippen LogP contribution in [0.3, 0.4) is 0 Å². The number of carbonyl (C=O) groups is 2. The molecule has 1 aromatic rings. The van der Waals surface area contributed by atoms with E-state index in [0.717, 1.165) is 19.1 Å². The molecule has 0 fully saturated rings. The number of hydrogen-bond donors (Lipinski definition) is 2. The first-order chi connectivity index (χ1) is 9.12. The Morgan fingerprint density at radius 3 is 2.45 bits per heavy atom. The number of halogens is 3. The molecular formula is C11H11F3N2O4. The van der Waals surface area contributed by atoms with Crippen LogP contribution in [0, 0.1) is 0 Å². The molecule has 0 aromatic carbocycles. The van der Waals surface area contributed by atoms with Crippen LogP contribution in [-0.4, -0.2) is 27.6 Å². The standard InChI is InChI=1S/C11H11F3N2O4/c1-6(17)15-7(10(19)20)5-16-8(11(12,13)14)3-2-4-9(16)18/h2-4,7H,5H2,1H3,(H,15,17)(H,19,20). The number of hydrogen-bond acceptors (Lipinski definition) is 3. The molecule has 1 aromatic heterocycles. The van der Waals surface area contributed by atoms with Crippen molar-refractivity contribution in [1.29, 1.82) is 0 Å². The molecule has 2 N–H and O–H groups in total. The van der Waals surface area contributed by atoms with E-state index in [2.05, 4.69) is 0 Å². The molecule has 1 unspecified atom stereocenters. The van der Waals surface area contributed by atoms with Crippen molar-refractivity contribution in [2.75, 3.05) is 0 Å². The summed E-state index contributed by atoms with van der Waals surface area (Å²) in [6.45, 7) is 0.206. The largest absolute Gasteiger partial charge is 0.480 e. The number of carboxylic acid groups (broad SMARTS) is 1. The molecule has 110 valence electrons. The summed E-state index contributed by atoms with van der Waals surface area (Å²) >= 11 is 0. The summed E-state index contributed by atoms with van der Waals surface area (Å²) in [6.07, 6.45) is -4.81. The molecular weight excluding hydrogens is 281 g/mol. The Bertz CT molecular complexity index is 580. The molecule has 1 amide bonds. The molecule has 0 aliphatic carbocycles. The van der Waals surface area contributed by atoms with Gasteiger partial charge in [-0.05, 0) is 6.07 Å². The summed E-state index contributed by atoms with van der Waals surface area (Å²) in [7, 11) is 0. The maximum absolute atomic E-state index is 12.7. The average molecular weight is 292 g/mol. The predicted molar refractivity (Wildman–Crippen MR) is 60.9 cm³/mol.